The molecular formula is C18H26ClFN2O. The van der Waals surface area contributed by atoms with Crippen molar-refractivity contribution >= 4 is 11.6 Å². The first kappa shape index (κ1) is 17.2. The van der Waals surface area contributed by atoms with E-state index in [-0.39, 0.29) is 10.8 Å². The Kier molecular flexibility index (Phi) is 5.91. The minimum atomic E-state index is -0.319. The SMILES string of the molecule is C[C@H](C1CCN(Cc2ccc(Cl)c(F)c2)CC1)N1CCOCC1. The van der Waals surface area contributed by atoms with E-state index in [2.05, 4.69) is 16.7 Å². The molecule has 2 heterocycles. The lowest BCUT2D eigenvalue weighted by atomic mass is 9.89. The van der Waals surface area contributed by atoms with Crippen LogP contribution in [0.15, 0.2) is 18.2 Å². The molecule has 128 valence electrons. The van der Waals surface area contributed by atoms with Gasteiger partial charge in [0.15, 0.2) is 0 Å². The summed E-state index contributed by atoms with van der Waals surface area (Å²) in [6, 6.07) is 5.77. The van der Waals surface area contributed by atoms with Crippen molar-refractivity contribution in [2.24, 2.45) is 5.92 Å². The van der Waals surface area contributed by atoms with Crippen LogP contribution in [0.5, 0.6) is 0 Å². The van der Waals surface area contributed by atoms with Gasteiger partial charge >= 0.3 is 0 Å². The summed E-state index contributed by atoms with van der Waals surface area (Å²) in [6.45, 7) is 9.20. The van der Waals surface area contributed by atoms with Crippen LogP contribution in [0.3, 0.4) is 0 Å². The third-order valence-corrected chi connectivity index (χ3v) is 5.63. The van der Waals surface area contributed by atoms with E-state index in [0.29, 0.717) is 6.04 Å². The number of piperidine rings is 1. The topological polar surface area (TPSA) is 15.7 Å². The van der Waals surface area contributed by atoms with Crippen molar-refractivity contribution < 1.29 is 9.13 Å². The number of halogens is 2. The molecular weight excluding hydrogens is 315 g/mol. The highest BCUT2D eigenvalue weighted by atomic mass is 35.5. The maximum absolute atomic E-state index is 13.5. The average molecular weight is 341 g/mol. The molecule has 2 aliphatic rings. The highest BCUT2D eigenvalue weighted by molar-refractivity contribution is 6.30. The minimum absolute atomic E-state index is 0.201. The van der Waals surface area contributed by atoms with E-state index in [9.17, 15) is 4.39 Å². The molecule has 2 saturated heterocycles. The van der Waals surface area contributed by atoms with Gasteiger partial charge in [0.2, 0.25) is 0 Å². The van der Waals surface area contributed by atoms with Crippen molar-refractivity contribution in [1.82, 2.24) is 9.80 Å². The Balaban J connectivity index is 1.48. The lowest BCUT2D eigenvalue weighted by Gasteiger charge is -2.41. The minimum Gasteiger partial charge on any atom is -0.379 e. The van der Waals surface area contributed by atoms with Crippen LogP contribution in [0.25, 0.3) is 0 Å². The Morgan fingerprint density at radius 1 is 1.22 bits per heavy atom. The zero-order valence-corrected chi connectivity index (χ0v) is 14.6. The summed E-state index contributed by atoms with van der Waals surface area (Å²) < 4.78 is 19.0. The predicted octanol–water partition coefficient (Wildman–Crippen LogP) is 3.41. The molecule has 23 heavy (non-hydrogen) atoms. The molecule has 0 bridgehead atoms. The van der Waals surface area contributed by atoms with Gasteiger partial charge in [0.25, 0.3) is 0 Å². The van der Waals surface area contributed by atoms with Gasteiger partial charge in [0.1, 0.15) is 5.82 Å². The smallest absolute Gasteiger partial charge is 0.142 e. The highest BCUT2D eigenvalue weighted by Gasteiger charge is 2.28. The zero-order chi connectivity index (χ0) is 16.2. The molecule has 1 aromatic carbocycles. The normalized spacial score (nSPS) is 23.1. The maximum atomic E-state index is 13.5. The molecule has 0 spiro atoms. The van der Waals surface area contributed by atoms with Crippen LogP contribution < -0.4 is 0 Å². The van der Waals surface area contributed by atoms with E-state index >= 15 is 0 Å². The van der Waals surface area contributed by atoms with Gasteiger partial charge in [0.05, 0.1) is 18.2 Å². The van der Waals surface area contributed by atoms with E-state index in [4.69, 9.17) is 16.3 Å². The highest BCUT2D eigenvalue weighted by Crippen LogP contribution is 2.26. The molecule has 0 amide bonds. The molecule has 0 saturated carbocycles. The van der Waals surface area contributed by atoms with Gasteiger partial charge in [-0.1, -0.05) is 17.7 Å². The van der Waals surface area contributed by atoms with Crippen molar-refractivity contribution in [3.63, 3.8) is 0 Å². The van der Waals surface area contributed by atoms with Gasteiger partial charge in [-0.3, -0.25) is 9.80 Å². The van der Waals surface area contributed by atoms with Crippen LogP contribution in [-0.4, -0.2) is 55.2 Å². The Hall–Kier alpha value is -0.680. The van der Waals surface area contributed by atoms with Crippen molar-refractivity contribution in [2.45, 2.75) is 32.4 Å². The molecule has 1 atom stereocenters. The third kappa shape index (κ3) is 4.44. The number of ether oxygens (including phenoxy) is 1. The summed E-state index contributed by atoms with van der Waals surface area (Å²) >= 11 is 5.75. The zero-order valence-electron chi connectivity index (χ0n) is 13.8. The molecule has 2 fully saturated rings. The van der Waals surface area contributed by atoms with E-state index in [1.165, 1.54) is 12.8 Å². The number of likely N-dealkylation sites (tertiary alicyclic amines) is 1. The number of morpholine rings is 1. The van der Waals surface area contributed by atoms with Gasteiger partial charge in [-0.25, -0.2) is 4.39 Å². The first-order valence-corrected chi connectivity index (χ1v) is 8.99. The molecule has 0 aliphatic carbocycles. The number of benzene rings is 1. The number of nitrogens with zero attached hydrogens (tertiary/aromatic N) is 2. The fourth-order valence-corrected chi connectivity index (χ4v) is 3.89. The Morgan fingerprint density at radius 3 is 2.57 bits per heavy atom. The van der Waals surface area contributed by atoms with Crippen molar-refractivity contribution in [3.8, 4) is 0 Å². The summed E-state index contributed by atoms with van der Waals surface area (Å²) in [5.74, 6) is 0.436. The van der Waals surface area contributed by atoms with E-state index in [0.717, 1.165) is 57.4 Å². The van der Waals surface area contributed by atoms with Crippen LogP contribution in [0.4, 0.5) is 4.39 Å². The summed E-state index contributed by atoms with van der Waals surface area (Å²) in [4.78, 5) is 4.99. The van der Waals surface area contributed by atoms with Gasteiger partial charge in [-0.15, -0.1) is 0 Å². The van der Waals surface area contributed by atoms with Crippen molar-refractivity contribution in [3.05, 3.63) is 34.6 Å². The molecule has 0 radical (unpaired) electrons. The molecule has 0 N–H and O–H groups in total. The van der Waals surface area contributed by atoms with E-state index < -0.39 is 0 Å². The van der Waals surface area contributed by atoms with E-state index in [1.807, 2.05) is 6.07 Å². The second-order valence-corrected chi connectivity index (χ2v) is 7.16. The third-order valence-electron chi connectivity index (χ3n) is 5.33. The lowest BCUT2D eigenvalue weighted by molar-refractivity contribution is -0.00192. The molecule has 0 aromatic heterocycles. The molecule has 5 heteroatoms. The first-order chi connectivity index (χ1) is 11.1. The molecule has 3 rings (SSSR count). The Morgan fingerprint density at radius 2 is 1.91 bits per heavy atom. The van der Waals surface area contributed by atoms with Gasteiger partial charge in [-0.2, -0.15) is 0 Å². The lowest BCUT2D eigenvalue weighted by Crippen LogP contribution is -2.48. The second-order valence-electron chi connectivity index (χ2n) is 6.75. The van der Waals surface area contributed by atoms with Crippen LogP contribution in [0, 0.1) is 11.7 Å². The summed E-state index contributed by atoms with van der Waals surface area (Å²) in [7, 11) is 0. The number of rotatable bonds is 4. The molecule has 0 unspecified atom stereocenters. The summed E-state index contributed by atoms with van der Waals surface area (Å²) in [5.41, 5.74) is 1.01. The van der Waals surface area contributed by atoms with Gasteiger partial charge in [-0.05, 0) is 56.5 Å². The standard InChI is InChI=1S/C18H26ClFN2O/c1-14(22-8-10-23-11-9-22)16-4-6-21(7-5-16)13-15-2-3-17(19)18(20)12-15/h2-3,12,14,16H,4-11,13H2,1H3/t14-/m1/s1. The monoisotopic (exact) mass is 340 g/mol. The van der Waals surface area contributed by atoms with Crippen LogP contribution >= 0.6 is 11.6 Å². The Bertz CT molecular complexity index is 514. The van der Waals surface area contributed by atoms with Crippen LogP contribution in [-0.2, 0) is 11.3 Å². The van der Waals surface area contributed by atoms with Gasteiger partial charge < -0.3 is 4.74 Å². The molecule has 1 aromatic rings. The average Bonchev–Trinajstić information content (AvgIpc) is 2.59. The summed E-state index contributed by atoms with van der Waals surface area (Å²) in [6.07, 6.45) is 2.43. The van der Waals surface area contributed by atoms with Gasteiger partial charge in [0, 0.05) is 25.7 Å². The van der Waals surface area contributed by atoms with Crippen molar-refractivity contribution in [1.29, 1.82) is 0 Å². The number of hydrogen-bond acceptors (Lipinski definition) is 3. The van der Waals surface area contributed by atoms with E-state index in [1.54, 1.807) is 12.1 Å². The fourth-order valence-electron chi connectivity index (χ4n) is 3.77. The summed E-state index contributed by atoms with van der Waals surface area (Å²) in [5, 5.41) is 0.201. The quantitative estimate of drug-likeness (QED) is 0.835. The second kappa shape index (κ2) is 7.93. The predicted molar refractivity (Wildman–Crippen MR) is 91.3 cm³/mol. The molecule has 2 aliphatic heterocycles. The molecule has 3 nitrogen and oxygen atoms in total. The van der Waals surface area contributed by atoms with Crippen LogP contribution in [0.2, 0.25) is 5.02 Å². The largest absolute Gasteiger partial charge is 0.379 e. The fraction of sp³-hybridized carbons (Fsp3) is 0.667. The van der Waals surface area contributed by atoms with Crippen LogP contribution in [0.1, 0.15) is 25.3 Å². The number of hydrogen-bond donors (Lipinski definition) is 0. The van der Waals surface area contributed by atoms with Crippen molar-refractivity contribution in [2.75, 3.05) is 39.4 Å². The maximum Gasteiger partial charge on any atom is 0.142 e. The first-order valence-electron chi connectivity index (χ1n) is 8.61. The Labute approximate surface area is 143 Å².